The number of phosphoric acid groups is 3. The fourth-order valence-electron chi connectivity index (χ4n) is 5.29. The number of anilines is 1. The number of carbonyl (C=O) groups is 3. The van der Waals surface area contributed by atoms with Crippen molar-refractivity contribution in [2.45, 2.75) is 96.4 Å². The van der Waals surface area contributed by atoms with Gasteiger partial charge in [-0.25, -0.2) is 28.6 Å². The van der Waals surface area contributed by atoms with Crippen molar-refractivity contribution in [3.8, 4) is 0 Å². The molecule has 3 heterocycles. The average molecular weight is 920 g/mol. The predicted molar refractivity (Wildman–Crippen MR) is 210 cm³/mol. The summed E-state index contributed by atoms with van der Waals surface area (Å²) in [5, 5.41) is 26.5. The van der Waals surface area contributed by atoms with Crippen molar-refractivity contribution >= 4 is 69.1 Å². The fourth-order valence-corrected chi connectivity index (χ4v) is 8.84. The van der Waals surface area contributed by atoms with Crippen molar-refractivity contribution in [3.05, 3.63) is 24.8 Å². The van der Waals surface area contributed by atoms with E-state index in [0.29, 0.717) is 12.2 Å². The Balaban J connectivity index is 1.42. The molecule has 0 radical (unpaired) electrons. The summed E-state index contributed by atoms with van der Waals surface area (Å²) in [4.78, 5) is 87.8. The number of aromatic nitrogens is 4. The van der Waals surface area contributed by atoms with E-state index < -0.39 is 84.6 Å². The summed E-state index contributed by atoms with van der Waals surface area (Å²) in [7, 11) is -16.4. The van der Waals surface area contributed by atoms with Gasteiger partial charge in [0.05, 0.1) is 19.5 Å². The summed E-state index contributed by atoms with van der Waals surface area (Å²) in [6.45, 7) is 2.66. The van der Waals surface area contributed by atoms with Crippen LogP contribution in [0.2, 0.25) is 0 Å². The summed E-state index contributed by atoms with van der Waals surface area (Å²) in [5.74, 6) is -1.06. The number of hydrogen-bond donors (Lipinski definition) is 9. The third-order valence-corrected chi connectivity index (χ3v) is 12.4. The zero-order valence-corrected chi connectivity index (χ0v) is 36.0. The van der Waals surface area contributed by atoms with E-state index in [1.807, 2.05) is 0 Å². The first-order valence-electron chi connectivity index (χ1n) is 18.3. The maximum atomic E-state index is 12.7. The molecule has 7 atom stereocenters. The molecule has 1 aliphatic rings. The molecule has 334 valence electrons. The summed E-state index contributed by atoms with van der Waals surface area (Å²) in [6.07, 6.45) is 2.61. The van der Waals surface area contributed by atoms with E-state index in [1.165, 1.54) is 13.8 Å². The third kappa shape index (κ3) is 16.9. The van der Waals surface area contributed by atoms with Crippen molar-refractivity contribution in [3.63, 3.8) is 0 Å². The number of allylic oxidation sites excluding steroid dienone is 2. The average Bonchev–Trinajstić information content (AvgIpc) is 3.71. The Kier molecular flexibility index (Phi) is 19.7. The molecule has 2 amide bonds. The Morgan fingerprint density at radius 1 is 1.02 bits per heavy atom. The highest BCUT2D eigenvalue weighted by Crippen LogP contribution is 2.61. The minimum atomic E-state index is -5.57. The number of amides is 2. The molecule has 28 heteroatoms. The molecule has 10 N–H and O–H groups in total. The molecule has 0 aliphatic carbocycles. The molecule has 0 saturated carbocycles. The van der Waals surface area contributed by atoms with Crippen LogP contribution in [0.25, 0.3) is 11.2 Å². The largest absolute Gasteiger partial charge is 0.481 e. The van der Waals surface area contributed by atoms with Gasteiger partial charge in [0.1, 0.15) is 36.3 Å². The number of ether oxygens (including phenoxy) is 1. The monoisotopic (exact) mass is 919 g/mol. The molecule has 3 rings (SSSR count). The van der Waals surface area contributed by atoms with Crippen LogP contribution in [0.3, 0.4) is 0 Å². The van der Waals surface area contributed by atoms with Gasteiger partial charge in [-0.2, -0.15) is 4.31 Å². The second-order valence-electron chi connectivity index (χ2n) is 13.8. The molecule has 2 unspecified atom stereocenters. The molecule has 24 nitrogen and oxygen atoms in total. The number of hydrogen-bond acceptors (Lipinski definition) is 18. The smallest absolute Gasteiger partial charge is 0.386 e. The number of rotatable bonds is 26. The summed E-state index contributed by atoms with van der Waals surface area (Å²) in [6, 6.07) is 0. The van der Waals surface area contributed by atoms with Gasteiger partial charge in [-0.15, -0.1) is 0 Å². The van der Waals surface area contributed by atoms with Crippen molar-refractivity contribution in [2.24, 2.45) is 5.41 Å². The van der Waals surface area contributed by atoms with Gasteiger partial charge in [-0.05, 0) is 19.3 Å². The number of aliphatic hydroxyl groups excluding tert-OH is 2. The summed E-state index contributed by atoms with van der Waals surface area (Å²) < 4.78 is 62.2. The predicted octanol–water partition coefficient (Wildman–Crippen LogP) is 1.58. The van der Waals surface area contributed by atoms with Gasteiger partial charge in [-0.1, -0.05) is 57.5 Å². The molecule has 1 aliphatic heterocycles. The molecule has 0 aromatic carbocycles. The van der Waals surface area contributed by atoms with Crippen LogP contribution in [0.5, 0.6) is 0 Å². The van der Waals surface area contributed by atoms with Crippen LogP contribution >= 0.6 is 35.2 Å². The number of aliphatic hydroxyl groups is 2. The number of nitrogens with two attached hydrogens (primary N) is 1. The van der Waals surface area contributed by atoms with Gasteiger partial charge in [0.2, 0.25) is 11.8 Å². The highest BCUT2D eigenvalue weighted by Gasteiger charge is 2.50. The third-order valence-electron chi connectivity index (χ3n) is 8.41. The quantitative estimate of drug-likeness (QED) is 0.0367. The lowest BCUT2D eigenvalue weighted by Gasteiger charge is -2.30. The molecule has 0 spiro atoms. The minimum absolute atomic E-state index is 0.0261. The van der Waals surface area contributed by atoms with E-state index in [4.69, 9.17) is 19.5 Å². The van der Waals surface area contributed by atoms with Gasteiger partial charge < -0.3 is 50.9 Å². The zero-order chi connectivity index (χ0) is 44.0. The van der Waals surface area contributed by atoms with Crippen LogP contribution < -0.4 is 16.4 Å². The topological polar surface area (TPSA) is 364 Å². The second kappa shape index (κ2) is 22.9. The van der Waals surface area contributed by atoms with Crippen LogP contribution in [-0.4, -0.2) is 123 Å². The number of unbranched alkanes of at least 4 members (excludes halogenated alkanes) is 3. The standard InChI is InChI=1S/C31H52N7O17P3S/c1-4-5-6-7-8-9-10-11-22(40)59-15-14-33-21(39)12-13-34-29(43)26(42)31(2,3)17-52-58(49,50)55-57(47,48)51-16-20-25(54-56(44,45)46)24(41)30(53-20)38-19-37-23-27(32)35-18-36-28(23)38/h7-8,18-20,24-26,30,41-42H,4-6,9-17H2,1-3H3,(H,33,39)(H,34,43)(H,47,48)(H,49,50)(H2,32,35,36)(H2,44,45,46)/t20-,24-,25-,26+,30-/m1/s1. The van der Waals surface area contributed by atoms with Gasteiger partial charge in [0.15, 0.2) is 22.8 Å². The number of thioether (sulfide) groups is 1. The Labute approximate surface area is 343 Å². The summed E-state index contributed by atoms with van der Waals surface area (Å²) >= 11 is 1.12. The number of imidazole rings is 1. The highest BCUT2D eigenvalue weighted by molar-refractivity contribution is 8.13. The van der Waals surface area contributed by atoms with Crippen LogP contribution in [0.15, 0.2) is 24.8 Å². The van der Waals surface area contributed by atoms with E-state index in [-0.39, 0.29) is 41.6 Å². The number of nitrogens with zero attached hydrogens (tertiary/aromatic N) is 4. The van der Waals surface area contributed by atoms with Gasteiger partial charge >= 0.3 is 23.5 Å². The van der Waals surface area contributed by atoms with Gasteiger partial charge in [0, 0.05) is 37.1 Å². The first kappa shape index (κ1) is 50.7. The first-order valence-corrected chi connectivity index (χ1v) is 23.8. The molecule has 1 saturated heterocycles. The first-order chi connectivity index (χ1) is 27.6. The van der Waals surface area contributed by atoms with Crippen LogP contribution in [-0.2, 0) is 50.7 Å². The molecular formula is C31H52N7O17P3S. The van der Waals surface area contributed by atoms with E-state index in [0.717, 1.165) is 61.1 Å². The molecule has 59 heavy (non-hydrogen) atoms. The maximum Gasteiger partial charge on any atom is 0.481 e. The lowest BCUT2D eigenvalue weighted by atomic mass is 9.87. The minimum Gasteiger partial charge on any atom is -0.386 e. The van der Waals surface area contributed by atoms with Crippen LogP contribution in [0.4, 0.5) is 5.82 Å². The van der Waals surface area contributed by atoms with Crippen molar-refractivity contribution in [1.29, 1.82) is 0 Å². The number of nitrogens with one attached hydrogen (secondary N) is 2. The van der Waals surface area contributed by atoms with E-state index in [2.05, 4.69) is 53.5 Å². The van der Waals surface area contributed by atoms with Gasteiger partial charge in [-0.3, -0.25) is 32.5 Å². The lowest BCUT2D eigenvalue weighted by Crippen LogP contribution is -2.46. The van der Waals surface area contributed by atoms with Crippen molar-refractivity contribution in [2.75, 3.05) is 37.8 Å². The molecule has 0 bridgehead atoms. The van der Waals surface area contributed by atoms with Crippen molar-refractivity contribution in [1.82, 2.24) is 30.2 Å². The van der Waals surface area contributed by atoms with E-state index in [9.17, 15) is 57.9 Å². The lowest BCUT2D eigenvalue weighted by molar-refractivity contribution is -0.137. The SMILES string of the molecule is CCCCC=CCCCC(=O)SCCNC(=O)CCNC(=O)[C@H](O)C(C)(C)COP(=O)(O)OP(=O)(O)OC[C@H]1O[C@@H](n2cnc3c(N)ncnc32)[C@H](O)[C@@H]1OP(=O)(O)O. The summed E-state index contributed by atoms with van der Waals surface area (Å²) in [5.41, 5.74) is 4.27. The number of fused-ring (bicyclic) bond motifs is 1. The molecular weight excluding hydrogens is 867 g/mol. The van der Waals surface area contributed by atoms with Crippen LogP contribution in [0, 0.1) is 5.41 Å². The Bertz CT molecular complexity index is 1900. The highest BCUT2D eigenvalue weighted by atomic mass is 32.2. The number of phosphoric ester groups is 3. The number of carbonyl (C=O) groups excluding carboxylic acids is 3. The molecule has 2 aromatic heterocycles. The fraction of sp³-hybridized carbons (Fsp3) is 0.677. The molecule has 1 fully saturated rings. The van der Waals surface area contributed by atoms with E-state index >= 15 is 0 Å². The molecule has 2 aromatic rings. The van der Waals surface area contributed by atoms with Crippen LogP contribution in [0.1, 0.15) is 71.9 Å². The maximum absolute atomic E-state index is 12.7. The Morgan fingerprint density at radius 2 is 1.69 bits per heavy atom. The Morgan fingerprint density at radius 3 is 2.37 bits per heavy atom. The van der Waals surface area contributed by atoms with E-state index in [1.54, 1.807) is 0 Å². The Hall–Kier alpha value is -2.70. The van der Waals surface area contributed by atoms with Crippen molar-refractivity contribution < 1.29 is 80.5 Å². The zero-order valence-electron chi connectivity index (χ0n) is 32.5. The van der Waals surface area contributed by atoms with Gasteiger partial charge in [0.25, 0.3) is 0 Å². The second-order valence-corrected chi connectivity index (χ2v) is 19.2. The number of nitrogen functional groups attached to an aromatic ring is 1. The normalized spacial score (nSPS) is 21.3.